The monoisotopic (exact) mass is 936 g/mol. The maximum atomic E-state index is 13.2. The maximum absolute atomic E-state index is 13.2. The number of carbonyl (C=O) groups is 4. The number of hydrogen-bond acceptors (Lipinski definition) is 9. The summed E-state index contributed by atoms with van der Waals surface area (Å²) in [6.45, 7) is 26.8. The predicted octanol–water partition coefficient (Wildman–Crippen LogP) is 11.1. The Morgan fingerprint density at radius 2 is 1.69 bits per heavy atom. The lowest BCUT2D eigenvalue weighted by Gasteiger charge is -2.25. The number of hydrogen-bond donors (Lipinski definition) is 3. The number of ketones is 2. The van der Waals surface area contributed by atoms with Crippen LogP contribution in [-0.2, 0) is 48.0 Å². The van der Waals surface area contributed by atoms with Crippen molar-refractivity contribution in [2.24, 2.45) is 23.2 Å². The zero-order valence-electron chi connectivity index (χ0n) is 43.7. The molecule has 3 heterocycles. The van der Waals surface area contributed by atoms with Crippen LogP contribution in [0.3, 0.4) is 0 Å². The highest BCUT2D eigenvalue weighted by Gasteiger charge is 2.31. The van der Waals surface area contributed by atoms with Crippen molar-refractivity contribution in [3.05, 3.63) is 90.3 Å². The minimum atomic E-state index is -0.575. The van der Waals surface area contributed by atoms with Crippen LogP contribution in [-0.4, -0.2) is 79.4 Å². The van der Waals surface area contributed by atoms with Gasteiger partial charge in [0.05, 0.1) is 30.1 Å². The summed E-state index contributed by atoms with van der Waals surface area (Å²) < 4.78 is 13.7. The van der Waals surface area contributed by atoms with E-state index in [1.54, 1.807) is 27.2 Å². The van der Waals surface area contributed by atoms with Gasteiger partial charge in [-0.25, -0.2) is 0 Å². The summed E-state index contributed by atoms with van der Waals surface area (Å²) in [6, 6.07) is 18.4. The molecule has 2 aromatic carbocycles. The number of aryl methyl sites for hydroxylation is 1. The molecule has 374 valence electrons. The average molecular weight is 936 g/mol. The highest BCUT2D eigenvalue weighted by Crippen LogP contribution is 2.42. The summed E-state index contributed by atoms with van der Waals surface area (Å²) in [7, 11) is 3.66. The first kappa shape index (κ1) is 57.3. The third-order valence-electron chi connectivity index (χ3n) is 13.1. The van der Waals surface area contributed by atoms with E-state index in [0.29, 0.717) is 37.1 Å². The van der Waals surface area contributed by atoms with Gasteiger partial charge >= 0.3 is 5.97 Å². The molecule has 0 spiro atoms. The molecule has 11 heteroatoms. The fourth-order valence-corrected chi connectivity index (χ4v) is 9.11. The van der Waals surface area contributed by atoms with E-state index >= 15 is 0 Å². The molecule has 1 aliphatic carbocycles. The number of aromatic nitrogens is 2. The van der Waals surface area contributed by atoms with Crippen LogP contribution in [0, 0.1) is 23.2 Å². The Hall–Kier alpha value is -4.97. The van der Waals surface area contributed by atoms with Crippen molar-refractivity contribution in [3.8, 4) is 22.4 Å². The number of ether oxygens (including phenoxy) is 2. The van der Waals surface area contributed by atoms with Gasteiger partial charge in [-0.15, -0.1) is 6.58 Å². The van der Waals surface area contributed by atoms with Crippen molar-refractivity contribution >= 4 is 34.3 Å². The normalized spacial score (nSPS) is 15.9. The molecule has 1 amide bonds. The minimum absolute atomic E-state index is 0.0271. The third kappa shape index (κ3) is 16.9. The number of pyridine rings is 1. The number of Topliss-reactive ketones (excluding diaryl/α,β-unsaturated/α-hetero) is 2. The van der Waals surface area contributed by atoms with Gasteiger partial charge in [0.25, 0.3) is 0 Å². The van der Waals surface area contributed by atoms with E-state index in [1.807, 2.05) is 59.0 Å². The number of carbonyl (C=O) groups excluding carboxylic acids is 4. The van der Waals surface area contributed by atoms with Crippen LogP contribution in [0.2, 0.25) is 0 Å². The summed E-state index contributed by atoms with van der Waals surface area (Å²) in [5, 5.41) is 10.4. The zero-order valence-corrected chi connectivity index (χ0v) is 43.7. The first-order valence-electron chi connectivity index (χ1n) is 25.2. The van der Waals surface area contributed by atoms with E-state index < -0.39 is 6.04 Å². The second-order valence-corrected chi connectivity index (χ2v) is 19.0. The van der Waals surface area contributed by atoms with Crippen LogP contribution in [0.1, 0.15) is 137 Å². The molecule has 2 aromatic heterocycles. The Kier molecular flexibility index (Phi) is 24.6. The molecule has 4 unspecified atom stereocenters. The Bertz CT molecular complexity index is 2220. The summed E-state index contributed by atoms with van der Waals surface area (Å²) in [5.41, 5.74) is 7.99. The van der Waals surface area contributed by atoms with Crippen molar-refractivity contribution in [3.63, 3.8) is 0 Å². The van der Waals surface area contributed by atoms with Gasteiger partial charge < -0.3 is 30.0 Å². The molecule has 68 heavy (non-hydrogen) atoms. The van der Waals surface area contributed by atoms with Gasteiger partial charge in [-0.05, 0) is 145 Å². The maximum Gasteiger partial charge on any atom is 0.302 e. The lowest BCUT2D eigenvalue weighted by molar-refractivity contribution is -0.144. The SMILES string of the molecule is C=CCCCNC.CC.CC(=O)C1CCNC1.CCn1c(-c2cccnc2C(C)OC)c(CC(C)(C)COC(C)=O)c2cc(-c3cccc(CC(NC(=O)C(C)C4CCCC4)C(C)=O)c3)ccc21. The number of allylic oxidation sites excluding steroid dienone is 1. The topological polar surface area (TPSA) is 141 Å². The number of amides is 1. The molecule has 3 N–H and O–H groups in total. The molecule has 1 saturated heterocycles. The van der Waals surface area contributed by atoms with Crippen LogP contribution in [0.25, 0.3) is 33.3 Å². The zero-order chi connectivity index (χ0) is 50.4. The first-order valence-corrected chi connectivity index (χ1v) is 25.2. The molecule has 2 fully saturated rings. The quantitative estimate of drug-likeness (QED) is 0.0449. The molecule has 6 rings (SSSR count). The summed E-state index contributed by atoms with van der Waals surface area (Å²) in [4.78, 5) is 53.2. The second kappa shape index (κ2) is 29.1. The van der Waals surface area contributed by atoms with Gasteiger partial charge in [0, 0.05) is 67.0 Å². The summed E-state index contributed by atoms with van der Waals surface area (Å²) >= 11 is 0. The van der Waals surface area contributed by atoms with Crippen molar-refractivity contribution < 1.29 is 28.7 Å². The Labute approximate surface area is 409 Å². The molecule has 0 radical (unpaired) electrons. The molecular formula is C57H85N5O6. The molecule has 1 aliphatic heterocycles. The van der Waals surface area contributed by atoms with Crippen molar-refractivity contribution in [2.45, 2.75) is 146 Å². The molecular weight excluding hydrogens is 851 g/mol. The van der Waals surface area contributed by atoms with Gasteiger partial charge in [0.15, 0.2) is 5.78 Å². The highest BCUT2D eigenvalue weighted by atomic mass is 16.5. The van der Waals surface area contributed by atoms with E-state index in [2.05, 4.69) is 84.3 Å². The first-order chi connectivity index (χ1) is 32.5. The van der Waals surface area contributed by atoms with Crippen LogP contribution in [0.15, 0.2) is 73.4 Å². The van der Waals surface area contributed by atoms with Gasteiger partial charge in [-0.1, -0.05) is 83.9 Å². The number of fused-ring (bicyclic) bond motifs is 1. The van der Waals surface area contributed by atoms with E-state index in [0.717, 1.165) is 102 Å². The highest BCUT2D eigenvalue weighted by molar-refractivity contribution is 5.95. The molecule has 1 saturated carbocycles. The van der Waals surface area contributed by atoms with Gasteiger partial charge in [-0.3, -0.25) is 24.2 Å². The molecule has 4 aromatic rings. The van der Waals surface area contributed by atoms with Crippen molar-refractivity contribution in [1.29, 1.82) is 0 Å². The predicted molar refractivity (Wildman–Crippen MR) is 280 cm³/mol. The van der Waals surface area contributed by atoms with Crippen molar-refractivity contribution in [1.82, 2.24) is 25.5 Å². The van der Waals surface area contributed by atoms with Crippen LogP contribution in [0.5, 0.6) is 0 Å². The van der Waals surface area contributed by atoms with Crippen LogP contribution < -0.4 is 16.0 Å². The molecule has 2 aliphatic rings. The second-order valence-electron chi connectivity index (χ2n) is 19.0. The standard InChI is InChI=1S/C43H55N3O5.C6H11NO.C6H13N.C2H6/c1-9-46-39-20-19-34(33-17-12-14-31(22-33)23-38(28(3)47)45-42(49)27(2)32-15-10-11-16-32)24-36(39)37(25-43(6,7)26-51-30(5)48)41(46)35-18-13-21-44-40(35)29(4)50-8;1-5(8)6-2-3-7-4-6;1-3-4-5-6-7-2;1-2/h12-14,17-22,24,27,29,32,38H,9-11,15-16,23,25-26H2,1-8H3,(H,45,49);6-7H,2-4H2,1H3;3,7H,1,4-6H2,2H3;1-2H3. The Morgan fingerprint density at radius 1 is 0.985 bits per heavy atom. The summed E-state index contributed by atoms with van der Waals surface area (Å²) in [5.74, 6) is 0.581. The van der Waals surface area contributed by atoms with Crippen LogP contribution >= 0.6 is 0 Å². The Morgan fingerprint density at radius 3 is 2.26 bits per heavy atom. The lowest BCUT2D eigenvalue weighted by Crippen LogP contribution is -2.44. The van der Waals surface area contributed by atoms with Gasteiger partial charge in [0.1, 0.15) is 5.78 Å². The number of benzene rings is 2. The number of unbranched alkanes of at least 4 members (excludes halogenated alkanes) is 1. The fraction of sp³-hybridized carbons (Fsp3) is 0.561. The van der Waals surface area contributed by atoms with Gasteiger partial charge in [0.2, 0.25) is 5.91 Å². The third-order valence-corrected chi connectivity index (χ3v) is 13.1. The van der Waals surface area contributed by atoms with E-state index in [4.69, 9.17) is 14.5 Å². The van der Waals surface area contributed by atoms with Gasteiger partial charge in [-0.2, -0.15) is 0 Å². The smallest absolute Gasteiger partial charge is 0.302 e. The lowest BCUT2D eigenvalue weighted by atomic mass is 9.84. The minimum Gasteiger partial charge on any atom is -0.465 e. The number of nitrogens with one attached hydrogen (secondary N) is 3. The average Bonchev–Trinajstić information content (AvgIpc) is 4.14. The molecule has 11 nitrogen and oxygen atoms in total. The number of esters is 1. The summed E-state index contributed by atoms with van der Waals surface area (Å²) in [6.07, 6.45) is 12.5. The van der Waals surface area contributed by atoms with E-state index in [-0.39, 0.29) is 35.1 Å². The number of rotatable bonds is 20. The fourth-order valence-electron chi connectivity index (χ4n) is 9.11. The molecule has 4 atom stereocenters. The van der Waals surface area contributed by atoms with E-state index in [1.165, 1.54) is 26.2 Å². The Balaban J connectivity index is 0.000000609. The number of nitrogens with zero attached hydrogens (tertiary/aromatic N) is 2. The largest absolute Gasteiger partial charge is 0.465 e. The number of methoxy groups -OCH3 is 1. The van der Waals surface area contributed by atoms with Crippen LogP contribution in [0.4, 0.5) is 0 Å². The van der Waals surface area contributed by atoms with E-state index in [9.17, 15) is 19.2 Å². The molecule has 0 bridgehead atoms. The van der Waals surface area contributed by atoms with Crippen molar-refractivity contribution in [2.75, 3.05) is 40.4 Å².